The van der Waals surface area contributed by atoms with Crippen LogP contribution in [0.5, 0.6) is 0 Å². The van der Waals surface area contributed by atoms with E-state index in [-0.39, 0.29) is 23.8 Å². The number of rotatable bonds is 10. The summed E-state index contributed by atoms with van der Waals surface area (Å²) in [6, 6.07) is 6.95. The molecule has 0 aromatic carbocycles. The number of nitrogens with two attached hydrogens (primary N) is 1. The number of alkyl carbamates (subject to hydrolysis) is 1. The molecule has 5 N–H and O–H groups in total. The summed E-state index contributed by atoms with van der Waals surface area (Å²) in [4.78, 5) is 59.2. The van der Waals surface area contributed by atoms with Gasteiger partial charge in [-0.1, -0.05) is 0 Å². The van der Waals surface area contributed by atoms with Crippen molar-refractivity contribution in [3.8, 4) is 0 Å². The lowest BCUT2D eigenvalue weighted by Crippen LogP contribution is -2.33. The molecule has 0 bridgehead atoms. The number of esters is 3. The third-order valence-corrected chi connectivity index (χ3v) is 9.13. The van der Waals surface area contributed by atoms with Crippen molar-refractivity contribution in [3.63, 3.8) is 0 Å². The third kappa shape index (κ3) is 17.7. The molecule has 16 nitrogen and oxygen atoms in total. The Bertz CT molecular complexity index is 1930. The first kappa shape index (κ1) is 49.3. The lowest BCUT2D eigenvalue weighted by molar-refractivity contribution is 0.0521. The van der Waals surface area contributed by atoms with Gasteiger partial charge in [-0.3, -0.25) is 4.79 Å². The Morgan fingerprint density at radius 2 is 1.33 bits per heavy atom. The second kappa shape index (κ2) is 24.8. The van der Waals surface area contributed by atoms with Crippen molar-refractivity contribution < 1.29 is 42.9 Å². The Morgan fingerprint density at radius 1 is 0.789 bits per heavy atom. The molecule has 5 heterocycles. The largest absolute Gasteiger partial charge is 0.464 e. The van der Waals surface area contributed by atoms with Crippen LogP contribution < -0.4 is 16.4 Å². The van der Waals surface area contributed by atoms with Gasteiger partial charge in [0.25, 0.3) is 5.91 Å². The van der Waals surface area contributed by atoms with E-state index < -0.39 is 11.7 Å². The van der Waals surface area contributed by atoms with Crippen LogP contribution in [0.3, 0.4) is 0 Å². The monoisotopic (exact) mass is 1050 g/mol. The molecule has 0 saturated carbocycles. The van der Waals surface area contributed by atoms with Crippen molar-refractivity contribution >= 4 is 93.6 Å². The lowest BCUT2D eigenvalue weighted by Gasteiger charge is -2.19. The molecule has 1 aliphatic rings. The highest BCUT2D eigenvalue weighted by molar-refractivity contribution is 9.11. The van der Waals surface area contributed by atoms with Crippen molar-refractivity contribution in [2.45, 2.75) is 65.3 Å². The molecule has 4 aromatic heterocycles. The number of methoxy groups -OCH3 is 3. The Hall–Kier alpha value is -3.85. The zero-order valence-corrected chi connectivity index (χ0v) is 38.9. The van der Waals surface area contributed by atoms with Crippen LogP contribution in [-0.4, -0.2) is 95.2 Å². The number of fused-ring (bicyclic) bond motifs is 1. The normalized spacial score (nSPS) is 11.7. The molecule has 314 valence electrons. The summed E-state index contributed by atoms with van der Waals surface area (Å²) in [5.74, 6) is -1.04. The maximum atomic E-state index is 11.6. The maximum Gasteiger partial charge on any atom is 0.407 e. The number of carbonyl (C=O) groups is 5. The van der Waals surface area contributed by atoms with Gasteiger partial charge in [-0.2, -0.15) is 0 Å². The molecule has 0 fully saturated rings. The molecule has 1 aliphatic heterocycles. The number of ether oxygens (including phenoxy) is 4. The zero-order valence-electron chi connectivity index (χ0n) is 32.6. The van der Waals surface area contributed by atoms with Crippen LogP contribution in [-0.2, 0) is 38.6 Å². The number of hydrogen-bond acceptors (Lipinski definition) is 10. The fourth-order valence-electron chi connectivity index (χ4n) is 4.87. The Labute approximate surface area is 365 Å². The average Bonchev–Trinajstić information content (AvgIpc) is 3.94. The summed E-state index contributed by atoms with van der Waals surface area (Å²) in [5.41, 5.74) is 7.12. The van der Waals surface area contributed by atoms with Gasteiger partial charge < -0.3 is 54.0 Å². The van der Waals surface area contributed by atoms with Crippen LogP contribution in [0.2, 0.25) is 0 Å². The van der Waals surface area contributed by atoms with E-state index in [0.717, 1.165) is 56.1 Å². The molecule has 0 aliphatic carbocycles. The van der Waals surface area contributed by atoms with Crippen LogP contribution in [0.15, 0.2) is 66.9 Å². The minimum Gasteiger partial charge on any atom is -0.464 e. The quantitative estimate of drug-likeness (QED) is 0.0710. The van der Waals surface area contributed by atoms with Crippen LogP contribution in [0.25, 0.3) is 0 Å². The number of nitrogens with one attached hydrogen (secondary N) is 3. The van der Waals surface area contributed by atoms with Crippen LogP contribution in [0, 0.1) is 0 Å². The molecule has 0 atom stereocenters. The first-order chi connectivity index (χ1) is 26.9. The Kier molecular flexibility index (Phi) is 21.5. The summed E-state index contributed by atoms with van der Waals surface area (Å²) < 4.78 is 28.1. The predicted molar refractivity (Wildman–Crippen MR) is 228 cm³/mol. The molecule has 4 aromatic rings. The van der Waals surface area contributed by atoms with Gasteiger partial charge in [-0.05, 0) is 135 Å². The number of amides is 2. The lowest BCUT2D eigenvalue weighted by atomic mass is 10.2. The summed E-state index contributed by atoms with van der Waals surface area (Å²) in [5, 5.41) is 5.51. The second-order valence-electron chi connectivity index (χ2n) is 13.0. The van der Waals surface area contributed by atoms with E-state index >= 15 is 0 Å². The first-order valence-corrected chi connectivity index (χ1v) is 20.7. The summed E-state index contributed by atoms with van der Waals surface area (Å²) in [7, 11) is 4.06. The number of nitrogens with zero attached hydrogens (tertiary/aromatic N) is 3. The number of aryl methyl sites for hydroxylation is 3. The second-order valence-corrected chi connectivity index (χ2v) is 16.6. The third-order valence-electron chi connectivity index (χ3n) is 7.37. The van der Waals surface area contributed by atoms with Gasteiger partial charge in [0.15, 0.2) is 0 Å². The van der Waals surface area contributed by atoms with Gasteiger partial charge in [0.2, 0.25) is 0 Å². The summed E-state index contributed by atoms with van der Waals surface area (Å²) in [6.45, 7) is 9.52. The van der Waals surface area contributed by atoms with Gasteiger partial charge in [0, 0.05) is 75.4 Å². The fourth-order valence-corrected chi connectivity index (χ4v) is 6.61. The van der Waals surface area contributed by atoms with Crippen molar-refractivity contribution in [1.29, 1.82) is 0 Å². The molecule has 0 saturated heterocycles. The minimum absolute atomic E-state index is 0.0261. The van der Waals surface area contributed by atoms with Gasteiger partial charge in [-0.15, -0.1) is 0 Å². The van der Waals surface area contributed by atoms with Gasteiger partial charge in [0.05, 0.1) is 21.3 Å². The van der Waals surface area contributed by atoms with Gasteiger partial charge in [0.1, 0.15) is 28.4 Å². The Morgan fingerprint density at radius 3 is 1.82 bits per heavy atom. The van der Waals surface area contributed by atoms with Crippen LogP contribution >= 0.6 is 63.7 Å². The molecule has 5 rings (SSSR count). The smallest absolute Gasteiger partial charge is 0.407 e. The molecular formula is C37H49Br4N7O9. The molecule has 57 heavy (non-hydrogen) atoms. The number of hydrogen-bond donors (Lipinski definition) is 4. The topological polar surface area (TPSA) is 203 Å². The minimum atomic E-state index is -0.507. The zero-order chi connectivity index (χ0) is 42.7. The molecule has 0 radical (unpaired) electrons. The van der Waals surface area contributed by atoms with Gasteiger partial charge in [-0.25, -0.2) is 19.2 Å². The SMILES string of the molecule is COC(=O)c1cc(Br)c[nH]1.COC(=O)c1cc(Br)cn1CCCN.COC(=O)c1cc(Br)cn1CCCNC(=O)OC(C)(C)C.O=C1NCCCn2cc(Br)cc21. The van der Waals surface area contributed by atoms with E-state index in [9.17, 15) is 24.0 Å². The van der Waals surface area contributed by atoms with Crippen LogP contribution in [0.4, 0.5) is 4.79 Å². The molecular weight excluding hydrogens is 1010 g/mol. The highest BCUT2D eigenvalue weighted by Crippen LogP contribution is 2.18. The van der Waals surface area contributed by atoms with Crippen molar-refractivity contribution in [2.24, 2.45) is 5.73 Å². The van der Waals surface area contributed by atoms with E-state index in [2.05, 4.69) is 88.8 Å². The van der Waals surface area contributed by atoms with E-state index in [1.54, 1.807) is 35.2 Å². The number of halogens is 4. The van der Waals surface area contributed by atoms with E-state index in [1.807, 2.05) is 48.4 Å². The molecule has 0 spiro atoms. The average molecular weight is 1060 g/mol. The molecule has 0 unspecified atom stereocenters. The van der Waals surface area contributed by atoms with E-state index in [0.29, 0.717) is 43.1 Å². The van der Waals surface area contributed by atoms with E-state index in [4.69, 9.17) is 15.2 Å². The number of carbonyl (C=O) groups excluding carboxylic acids is 5. The predicted octanol–water partition coefficient (Wildman–Crippen LogP) is 7.29. The first-order valence-electron chi connectivity index (χ1n) is 17.5. The highest BCUT2D eigenvalue weighted by Gasteiger charge is 2.17. The highest BCUT2D eigenvalue weighted by atomic mass is 79.9. The summed E-state index contributed by atoms with van der Waals surface area (Å²) in [6.07, 6.45) is 9.34. The molecule has 20 heteroatoms. The van der Waals surface area contributed by atoms with Crippen molar-refractivity contribution in [1.82, 2.24) is 29.3 Å². The van der Waals surface area contributed by atoms with Crippen LogP contribution in [0.1, 0.15) is 82.0 Å². The maximum absolute atomic E-state index is 11.6. The van der Waals surface area contributed by atoms with Gasteiger partial charge >= 0.3 is 24.0 Å². The van der Waals surface area contributed by atoms with Crippen molar-refractivity contribution in [3.05, 3.63) is 89.7 Å². The summed E-state index contributed by atoms with van der Waals surface area (Å²) >= 11 is 13.2. The number of aromatic nitrogens is 4. The fraction of sp³-hybridized carbons (Fsp3) is 0.432. The number of H-pyrrole nitrogens is 1. The van der Waals surface area contributed by atoms with E-state index in [1.165, 1.54) is 21.3 Å². The number of aromatic amines is 1. The van der Waals surface area contributed by atoms with Crippen molar-refractivity contribution in [2.75, 3.05) is 41.0 Å². The Balaban J connectivity index is 0.000000273. The standard InChI is InChI=1S/C14H21BrN2O4.C9H13BrN2O2.C8H9BrN2O.C6H6BrNO2/c1-14(2,3)21-13(19)16-6-5-7-17-9-10(15)8-11(17)12(18)20-4;1-14-9(13)8-5-7(10)6-12(8)4-2-3-11;9-6-4-7-8(12)10-2-1-3-11(7)5-6;1-10-6(9)5-2-4(7)3-8-5/h8-9H,5-7H2,1-4H3,(H,16,19);5-6H,2-4,11H2,1H3;4-5H,1-3H2,(H,10,12);2-3,8H,1H3. The molecule has 2 amide bonds.